The summed E-state index contributed by atoms with van der Waals surface area (Å²) in [7, 11) is 0. The lowest BCUT2D eigenvalue weighted by Gasteiger charge is -2.13. The molecule has 0 radical (unpaired) electrons. The highest BCUT2D eigenvalue weighted by Crippen LogP contribution is 2.14. The summed E-state index contributed by atoms with van der Waals surface area (Å²) in [6.45, 7) is 5.47. The summed E-state index contributed by atoms with van der Waals surface area (Å²) in [5, 5.41) is 1.67. The van der Waals surface area contributed by atoms with Crippen LogP contribution in [-0.4, -0.2) is 29.0 Å². The molecule has 0 unspecified atom stereocenters. The number of ketones is 1. The van der Waals surface area contributed by atoms with E-state index in [1.165, 1.54) is 11.5 Å². The van der Waals surface area contributed by atoms with Gasteiger partial charge in [-0.05, 0) is 45.0 Å². The first-order valence-corrected chi connectivity index (χ1v) is 8.41. The van der Waals surface area contributed by atoms with Crippen LogP contribution in [0.4, 0.5) is 0 Å². The summed E-state index contributed by atoms with van der Waals surface area (Å²) in [4.78, 5) is 35.6. The molecule has 0 saturated heterocycles. The van der Waals surface area contributed by atoms with Crippen LogP contribution in [0.1, 0.15) is 29.9 Å². The lowest BCUT2D eigenvalue weighted by atomic mass is 10.1. The zero-order chi connectivity index (χ0) is 17.7. The van der Waals surface area contributed by atoms with E-state index in [0.717, 1.165) is 11.3 Å². The molecule has 0 saturated carbocycles. The number of aryl methyl sites for hydroxylation is 1. The molecule has 0 spiro atoms. The number of ether oxygens (including phenoxy) is 2. The van der Waals surface area contributed by atoms with Gasteiger partial charge in [0.05, 0.1) is 6.61 Å². The lowest BCUT2D eigenvalue weighted by Crippen LogP contribution is -2.29. The Bertz CT molecular complexity index is 775. The van der Waals surface area contributed by atoms with E-state index in [4.69, 9.17) is 9.47 Å². The first-order chi connectivity index (χ1) is 11.4. The molecule has 1 aromatic heterocycles. The summed E-state index contributed by atoms with van der Waals surface area (Å²) in [6.07, 6.45) is -0.926. The second-order valence-electron chi connectivity index (χ2n) is 5.18. The van der Waals surface area contributed by atoms with Crippen LogP contribution in [0.5, 0.6) is 5.75 Å². The van der Waals surface area contributed by atoms with Crippen LogP contribution in [-0.2, 0) is 16.1 Å². The summed E-state index contributed by atoms with van der Waals surface area (Å²) in [5.41, 5.74) is 1.12. The number of nitrogens with zero attached hydrogens (tertiary/aromatic N) is 1. The Kier molecular flexibility index (Phi) is 5.92. The third kappa shape index (κ3) is 4.32. The Labute approximate surface area is 143 Å². The number of Topliss-reactive ketones (excluding diaryl/α,β-unsaturated/α-hetero) is 1. The largest absolute Gasteiger partial charge is 0.494 e. The molecule has 0 fully saturated rings. The summed E-state index contributed by atoms with van der Waals surface area (Å²) in [6, 6.07) is 6.65. The third-order valence-corrected chi connectivity index (χ3v) is 4.27. The van der Waals surface area contributed by atoms with Crippen molar-refractivity contribution in [3.05, 3.63) is 50.6 Å². The van der Waals surface area contributed by atoms with E-state index in [2.05, 4.69) is 0 Å². The number of aromatic nitrogens is 1. The maximum Gasteiger partial charge on any atom is 0.326 e. The van der Waals surface area contributed by atoms with Gasteiger partial charge >= 0.3 is 10.8 Å². The predicted molar refractivity (Wildman–Crippen MR) is 90.8 cm³/mol. The molecule has 0 aliphatic carbocycles. The van der Waals surface area contributed by atoms with Gasteiger partial charge in [0.25, 0.3) is 0 Å². The van der Waals surface area contributed by atoms with Gasteiger partial charge in [0.15, 0.2) is 6.10 Å². The standard InChI is InChI=1S/C17H19NO5S/c1-4-22-14-7-5-13(6-8-14)16(20)12(3)23-15(19)9-18-11(2)10-24-17(18)21/h5-8,10,12H,4,9H2,1-3H3/t12-/m1/s1. The molecular weight excluding hydrogens is 330 g/mol. The van der Waals surface area contributed by atoms with Crippen LogP contribution in [0, 0.1) is 6.92 Å². The predicted octanol–water partition coefficient (Wildman–Crippen LogP) is 2.43. The second-order valence-corrected chi connectivity index (χ2v) is 6.00. The van der Waals surface area contributed by atoms with Crippen molar-refractivity contribution in [1.82, 2.24) is 4.57 Å². The summed E-state index contributed by atoms with van der Waals surface area (Å²) >= 11 is 1.02. The molecule has 0 N–H and O–H groups in total. The Hall–Kier alpha value is -2.41. The van der Waals surface area contributed by atoms with Gasteiger partial charge in [-0.25, -0.2) is 0 Å². The van der Waals surface area contributed by atoms with Crippen LogP contribution >= 0.6 is 11.3 Å². The van der Waals surface area contributed by atoms with E-state index in [1.54, 1.807) is 36.6 Å². The highest BCUT2D eigenvalue weighted by molar-refractivity contribution is 7.07. The van der Waals surface area contributed by atoms with Gasteiger partial charge in [0.1, 0.15) is 12.3 Å². The smallest absolute Gasteiger partial charge is 0.326 e. The first kappa shape index (κ1) is 17.9. The van der Waals surface area contributed by atoms with E-state index >= 15 is 0 Å². The number of benzene rings is 1. The highest BCUT2D eigenvalue weighted by atomic mass is 32.1. The van der Waals surface area contributed by atoms with Gasteiger partial charge in [-0.2, -0.15) is 0 Å². The van der Waals surface area contributed by atoms with E-state index < -0.39 is 12.1 Å². The number of hydrogen-bond donors (Lipinski definition) is 0. The maximum atomic E-state index is 12.3. The molecule has 1 atom stereocenters. The van der Waals surface area contributed by atoms with E-state index in [1.807, 2.05) is 6.92 Å². The van der Waals surface area contributed by atoms with Gasteiger partial charge in [-0.15, -0.1) is 0 Å². The van der Waals surface area contributed by atoms with Gasteiger partial charge in [-0.1, -0.05) is 11.3 Å². The van der Waals surface area contributed by atoms with Crippen molar-refractivity contribution in [3.63, 3.8) is 0 Å². The minimum absolute atomic E-state index is 0.199. The number of rotatable bonds is 7. The normalized spacial score (nSPS) is 11.8. The number of thiazole rings is 1. The Morgan fingerprint density at radius 3 is 2.46 bits per heavy atom. The zero-order valence-electron chi connectivity index (χ0n) is 13.8. The quantitative estimate of drug-likeness (QED) is 0.567. The van der Waals surface area contributed by atoms with Crippen molar-refractivity contribution in [3.8, 4) is 5.75 Å². The molecule has 0 amide bonds. The Morgan fingerprint density at radius 2 is 1.92 bits per heavy atom. The maximum absolute atomic E-state index is 12.3. The van der Waals surface area contributed by atoms with Crippen LogP contribution in [0.2, 0.25) is 0 Å². The highest BCUT2D eigenvalue weighted by Gasteiger charge is 2.20. The average molecular weight is 349 g/mol. The van der Waals surface area contributed by atoms with Crippen molar-refractivity contribution in [1.29, 1.82) is 0 Å². The molecule has 1 heterocycles. The minimum Gasteiger partial charge on any atom is -0.494 e. The van der Waals surface area contributed by atoms with Gasteiger partial charge in [0.2, 0.25) is 5.78 Å². The molecule has 0 bridgehead atoms. The van der Waals surface area contributed by atoms with Crippen molar-refractivity contribution >= 4 is 23.1 Å². The van der Waals surface area contributed by atoms with E-state index in [9.17, 15) is 14.4 Å². The van der Waals surface area contributed by atoms with Crippen molar-refractivity contribution < 1.29 is 19.1 Å². The first-order valence-electron chi connectivity index (χ1n) is 7.53. The fraction of sp³-hybridized carbons (Fsp3) is 0.353. The molecule has 0 aliphatic rings. The Balaban J connectivity index is 1.98. The molecule has 1 aromatic carbocycles. The number of carbonyl (C=O) groups is 2. The van der Waals surface area contributed by atoms with Gasteiger partial charge < -0.3 is 9.47 Å². The van der Waals surface area contributed by atoms with Crippen LogP contribution < -0.4 is 9.61 Å². The zero-order valence-corrected chi connectivity index (χ0v) is 14.6. The van der Waals surface area contributed by atoms with Crippen molar-refractivity contribution in [2.45, 2.75) is 33.4 Å². The average Bonchev–Trinajstić information content (AvgIpc) is 2.87. The van der Waals surface area contributed by atoms with Gasteiger partial charge in [0, 0.05) is 16.6 Å². The van der Waals surface area contributed by atoms with Crippen LogP contribution in [0.15, 0.2) is 34.4 Å². The SMILES string of the molecule is CCOc1ccc(C(=O)[C@@H](C)OC(=O)Cn2c(C)csc2=O)cc1. The number of carbonyl (C=O) groups excluding carboxylic acids is 2. The molecule has 7 heteroatoms. The minimum atomic E-state index is -0.926. The molecule has 2 rings (SSSR count). The summed E-state index contributed by atoms with van der Waals surface area (Å²) < 4.78 is 11.8. The lowest BCUT2D eigenvalue weighted by molar-refractivity contribution is -0.147. The fourth-order valence-corrected chi connectivity index (χ4v) is 2.86. The fourth-order valence-electron chi connectivity index (χ4n) is 2.13. The molecule has 2 aromatic rings. The monoisotopic (exact) mass is 349 g/mol. The second kappa shape index (κ2) is 7.92. The molecular formula is C17H19NO5S. The Morgan fingerprint density at radius 1 is 1.25 bits per heavy atom. The third-order valence-electron chi connectivity index (χ3n) is 3.39. The van der Waals surface area contributed by atoms with E-state index in [-0.39, 0.29) is 17.2 Å². The van der Waals surface area contributed by atoms with Crippen molar-refractivity contribution in [2.24, 2.45) is 0 Å². The van der Waals surface area contributed by atoms with Crippen molar-refractivity contribution in [2.75, 3.05) is 6.61 Å². The molecule has 128 valence electrons. The molecule has 24 heavy (non-hydrogen) atoms. The van der Waals surface area contributed by atoms with Gasteiger partial charge in [-0.3, -0.25) is 19.0 Å². The van der Waals surface area contributed by atoms with E-state index in [0.29, 0.717) is 23.6 Å². The topological polar surface area (TPSA) is 74.6 Å². The number of esters is 1. The molecule has 6 nitrogen and oxygen atoms in total. The number of hydrogen-bond acceptors (Lipinski definition) is 6. The van der Waals surface area contributed by atoms with Crippen LogP contribution in [0.3, 0.4) is 0 Å². The summed E-state index contributed by atoms with van der Waals surface area (Å²) in [5.74, 6) is -0.253. The van der Waals surface area contributed by atoms with Crippen LogP contribution in [0.25, 0.3) is 0 Å². The molecule has 0 aliphatic heterocycles.